The van der Waals surface area contributed by atoms with E-state index >= 15 is 0 Å². The van der Waals surface area contributed by atoms with Crippen LogP contribution in [0.1, 0.15) is 97.8 Å². The van der Waals surface area contributed by atoms with Gasteiger partial charge in [0.05, 0.1) is 0 Å². The SMILES string of the molecule is CC1CCCC2C3CCCCC3C(C(C)C3(C)CCCCC3)C12. The second-order valence-electron chi connectivity index (χ2n) is 10.3. The summed E-state index contributed by atoms with van der Waals surface area (Å²) >= 11 is 0. The van der Waals surface area contributed by atoms with Gasteiger partial charge in [-0.15, -0.1) is 0 Å². The first-order valence-corrected chi connectivity index (χ1v) is 11.1. The highest BCUT2D eigenvalue weighted by Gasteiger charge is 2.56. The maximum absolute atomic E-state index is 2.70. The molecule has 4 fully saturated rings. The number of hydrogen-bond donors (Lipinski definition) is 0. The van der Waals surface area contributed by atoms with Crippen molar-refractivity contribution in [2.45, 2.75) is 97.8 Å². The summed E-state index contributed by atoms with van der Waals surface area (Å²) in [6, 6.07) is 0. The van der Waals surface area contributed by atoms with Gasteiger partial charge in [-0.1, -0.05) is 65.7 Å². The minimum atomic E-state index is 0.664. The first-order valence-electron chi connectivity index (χ1n) is 11.1. The molecule has 0 saturated heterocycles. The van der Waals surface area contributed by atoms with E-state index < -0.39 is 0 Å². The topological polar surface area (TPSA) is 0 Å². The van der Waals surface area contributed by atoms with Crippen LogP contribution in [-0.2, 0) is 0 Å². The molecule has 4 aliphatic carbocycles. The van der Waals surface area contributed by atoms with E-state index in [1.165, 1.54) is 57.8 Å². The van der Waals surface area contributed by atoms with Gasteiger partial charge in [0.1, 0.15) is 0 Å². The molecule has 0 spiro atoms. The number of hydrogen-bond acceptors (Lipinski definition) is 0. The van der Waals surface area contributed by atoms with Gasteiger partial charge in [-0.3, -0.25) is 0 Å². The molecule has 4 aliphatic rings. The van der Waals surface area contributed by atoms with E-state index in [9.17, 15) is 0 Å². The van der Waals surface area contributed by atoms with Crippen LogP contribution in [0.4, 0.5) is 0 Å². The summed E-state index contributed by atoms with van der Waals surface area (Å²) < 4.78 is 0. The summed E-state index contributed by atoms with van der Waals surface area (Å²) in [4.78, 5) is 0. The van der Waals surface area contributed by atoms with Crippen LogP contribution in [0.25, 0.3) is 0 Å². The lowest BCUT2D eigenvalue weighted by atomic mass is 9.58. The Balaban J connectivity index is 1.63. The monoisotopic (exact) mass is 316 g/mol. The molecular formula is C23H40. The van der Waals surface area contributed by atoms with Crippen LogP contribution in [0.15, 0.2) is 0 Å². The molecule has 0 aromatic heterocycles. The van der Waals surface area contributed by atoms with E-state index in [2.05, 4.69) is 20.8 Å². The summed E-state index contributed by atoms with van der Waals surface area (Å²) in [5.74, 6) is 7.49. The van der Waals surface area contributed by atoms with Gasteiger partial charge in [0.25, 0.3) is 0 Å². The molecule has 7 unspecified atom stereocenters. The van der Waals surface area contributed by atoms with Crippen molar-refractivity contribution in [3.63, 3.8) is 0 Å². The molecular weight excluding hydrogens is 276 g/mol. The Labute approximate surface area is 145 Å². The summed E-state index contributed by atoms with van der Waals surface area (Å²) in [5, 5.41) is 0. The largest absolute Gasteiger partial charge is 0.0622 e. The average Bonchev–Trinajstić information content (AvgIpc) is 2.91. The highest BCUT2D eigenvalue weighted by Crippen LogP contribution is 2.63. The molecule has 0 heteroatoms. The van der Waals surface area contributed by atoms with E-state index in [1.807, 2.05) is 0 Å². The minimum Gasteiger partial charge on any atom is -0.0622 e. The van der Waals surface area contributed by atoms with Gasteiger partial charge in [-0.2, -0.15) is 0 Å². The van der Waals surface area contributed by atoms with Crippen molar-refractivity contribution in [3.05, 3.63) is 0 Å². The molecule has 0 heterocycles. The summed E-state index contributed by atoms with van der Waals surface area (Å²) in [6.45, 7) is 8.00. The Morgan fingerprint density at radius 1 is 0.739 bits per heavy atom. The standard InChI is InChI=1S/C23H40/c1-16-10-9-13-19-18-11-5-6-12-20(18)22(21(16)19)17(2)23(3)14-7-4-8-15-23/h16-22H,4-15H2,1-3H3. The van der Waals surface area contributed by atoms with Gasteiger partial charge in [-0.25, -0.2) is 0 Å². The van der Waals surface area contributed by atoms with E-state index in [0.29, 0.717) is 5.41 Å². The van der Waals surface area contributed by atoms with Crippen LogP contribution in [-0.4, -0.2) is 0 Å². The minimum absolute atomic E-state index is 0.664. The van der Waals surface area contributed by atoms with Gasteiger partial charge in [0.2, 0.25) is 0 Å². The zero-order chi connectivity index (χ0) is 16.0. The fourth-order valence-electron chi connectivity index (χ4n) is 8.11. The summed E-state index contributed by atoms with van der Waals surface area (Å²) in [5.41, 5.74) is 0.664. The summed E-state index contributed by atoms with van der Waals surface area (Å²) in [7, 11) is 0. The lowest BCUT2D eigenvalue weighted by Crippen LogP contribution is -2.40. The lowest BCUT2D eigenvalue weighted by Gasteiger charge is -2.47. The Morgan fingerprint density at radius 3 is 2.13 bits per heavy atom. The van der Waals surface area contributed by atoms with Crippen LogP contribution in [0.3, 0.4) is 0 Å². The van der Waals surface area contributed by atoms with Crippen LogP contribution in [0.5, 0.6) is 0 Å². The highest BCUT2D eigenvalue weighted by molar-refractivity contribution is 5.05. The molecule has 23 heavy (non-hydrogen) atoms. The Morgan fingerprint density at radius 2 is 1.39 bits per heavy atom. The molecule has 0 radical (unpaired) electrons. The van der Waals surface area contributed by atoms with Crippen molar-refractivity contribution in [2.24, 2.45) is 46.8 Å². The Bertz CT molecular complexity index is 404. The van der Waals surface area contributed by atoms with E-state index in [0.717, 1.165) is 41.4 Å². The molecule has 0 N–H and O–H groups in total. The fraction of sp³-hybridized carbons (Fsp3) is 1.00. The van der Waals surface area contributed by atoms with Gasteiger partial charge in [0.15, 0.2) is 0 Å². The number of rotatable bonds is 2. The molecule has 0 aromatic rings. The zero-order valence-corrected chi connectivity index (χ0v) is 16.0. The maximum Gasteiger partial charge on any atom is -0.0297 e. The van der Waals surface area contributed by atoms with E-state index in [-0.39, 0.29) is 0 Å². The maximum atomic E-state index is 2.70. The summed E-state index contributed by atoms with van der Waals surface area (Å²) in [6.07, 6.45) is 18.4. The predicted molar refractivity (Wildman–Crippen MR) is 99.3 cm³/mol. The fourth-order valence-corrected chi connectivity index (χ4v) is 8.11. The van der Waals surface area contributed by atoms with Crippen molar-refractivity contribution in [1.29, 1.82) is 0 Å². The molecule has 0 bridgehead atoms. The third-order valence-electron chi connectivity index (χ3n) is 9.38. The van der Waals surface area contributed by atoms with Crippen LogP contribution in [0.2, 0.25) is 0 Å². The van der Waals surface area contributed by atoms with Gasteiger partial charge in [0, 0.05) is 0 Å². The third kappa shape index (κ3) is 2.71. The molecule has 7 atom stereocenters. The molecule has 4 saturated carbocycles. The van der Waals surface area contributed by atoms with E-state index in [1.54, 1.807) is 19.3 Å². The smallest absolute Gasteiger partial charge is 0.0297 e. The van der Waals surface area contributed by atoms with Crippen LogP contribution in [0, 0.1) is 46.8 Å². The highest BCUT2D eigenvalue weighted by atomic mass is 14.6. The second kappa shape index (κ2) is 6.38. The van der Waals surface area contributed by atoms with E-state index in [4.69, 9.17) is 0 Å². The zero-order valence-electron chi connectivity index (χ0n) is 16.0. The van der Waals surface area contributed by atoms with Gasteiger partial charge < -0.3 is 0 Å². The Hall–Kier alpha value is 0. The van der Waals surface area contributed by atoms with Crippen molar-refractivity contribution in [1.82, 2.24) is 0 Å². The predicted octanol–water partition coefficient (Wildman–Crippen LogP) is 7.08. The first-order chi connectivity index (χ1) is 11.1. The van der Waals surface area contributed by atoms with Crippen molar-refractivity contribution in [3.8, 4) is 0 Å². The quantitative estimate of drug-likeness (QED) is 0.510. The van der Waals surface area contributed by atoms with Crippen molar-refractivity contribution >= 4 is 0 Å². The molecule has 0 amide bonds. The lowest BCUT2D eigenvalue weighted by molar-refractivity contribution is 0.0173. The Kier molecular flexibility index (Phi) is 4.57. The molecule has 0 nitrogen and oxygen atoms in total. The van der Waals surface area contributed by atoms with Crippen LogP contribution >= 0.6 is 0 Å². The second-order valence-corrected chi connectivity index (χ2v) is 10.3. The number of fused-ring (bicyclic) bond motifs is 3. The normalized spacial score (nSPS) is 47.6. The molecule has 132 valence electrons. The molecule has 4 rings (SSSR count). The average molecular weight is 317 g/mol. The molecule has 0 aliphatic heterocycles. The first kappa shape index (κ1) is 16.5. The molecule has 0 aromatic carbocycles. The third-order valence-corrected chi connectivity index (χ3v) is 9.38. The van der Waals surface area contributed by atoms with Gasteiger partial charge >= 0.3 is 0 Å². The van der Waals surface area contributed by atoms with Crippen molar-refractivity contribution < 1.29 is 0 Å². The van der Waals surface area contributed by atoms with Gasteiger partial charge in [-0.05, 0) is 78.9 Å². The van der Waals surface area contributed by atoms with Crippen molar-refractivity contribution in [2.75, 3.05) is 0 Å². The van der Waals surface area contributed by atoms with Crippen LogP contribution < -0.4 is 0 Å².